The molecule has 8 rings (SSSR count). The largest absolute Gasteiger partial charge is 0.504 e. The maximum Gasteiger partial charge on any atom is 0.337 e. The Morgan fingerprint density at radius 1 is 0.563 bits per heavy atom. The van der Waals surface area contributed by atoms with Crippen molar-refractivity contribution in [3.05, 3.63) is 132 Å². The summed E-state index contributed by atoms with van der Waals surface area (Å²) in [6.45, 7) is 1.37. The Hall–Kier alpha value is -9.33. The first-order valence-electron chi connectivity index (χ1n) is 23.1. The van der Waals surface area contributed by atoms with Gasteiger partial charge in [-0.05, 0) is 85.8 Å². The number of hydrogen-bond acceptors (Lipinski definition) is 27. The van der Waals surface area contributed by atoms with Gasteiger partial charge < -0.3 is 31.5 Å². The van der Waals surface area contributed by atoms with Gasteiger partial charge in [0, 0.05) is 51.7 Å². The molecule has 0 fully saturated rings. The molecule has 0 saturated carbocycles. The summed E-state index contributed by atoms with van der Waals surface area (Å²) in [5.74, 6) is -4.60. The number of phenols is 1. The quantitative estimate of drug-likeness (QED) is 0.00695. The summed E-state index contributed by atoms with van der Waals surface area (Å²) in [6.07, 6.45) is -2.67. The van der Waals surface area contributed by atoms with Gasteiger partial charge in [-0.25, -0.2) is 4.79 Å². The summed E-state index contributed by atoms with van der Waals surface area (Å²) in [6, 6.07) is 18.5. The molecule has 459 valence electrons. The van der Waals surface area contributed by atoms with Gasteiger partial charge in [-0.3, -0.25) is 28.2 Å². The Morgan fingerprint density at radius 2 is 1.10 bits per heavy atom. The number of carboxylic acid groups (broad SMARTS) is 1. The van der Waals surface area contributed by atoms with Crippen LogP contribution < -0.4 is 26.7 Å². The molecule has 2 aromatic heterocycles. The van der Waals surface area contributed by atoms with Crippen LogP contribution in [0.4, 0.5) is 66.7 Å². The van der Waals surface area contributed by atoms with Gasteiger partial charge in [0.05, 0.1) is 43.0 Å². The van der Waals surface area contributed by atoms with Gasteiger partial charge in [-0.2, -0.15) is 96.1 Å². The Labute approximate surface area is 498 Å². The second kappa shape index (κ2) is 25.7. The number of aromatic nitrogens is 6. The van der Waals surface area contributed by atoms with E-state index in [1.54, 1.807) is 6.07 Å². The van der Waals surface area contributed by atoms with Crippen LogP contribution in [0.5, 0.6) is 5.75 Å². The Kier molecular flexibility index (Phi) is 19.3. The van der Waals surface area contributed by atoms with Crippen LogP contribution in [0.3, 0.4) is 0 Å². The van der Waals surface area contributed by atoms with Crippen molar-refractivity contribution in [2.75, 3.05) is 33.2 Å². The number of amidine groups is 1. The topological polar surface area (TPSA) is 529 Å². The fourth-order valence-electron chi connectivity index (χ4n) is 7.26. The standard InChI is InChI=1S/C45H36F2N16O18S5.Cu/c1-21(20-48-42-52-40(46)54-44(56-42)50-23-7-9-24(10-8-23)58-59-25-13-30-31(35(14-25)85(76,77)78)15-27(83(70,71)72)19-36(30)86(79,80)81)49-43-53-41(47)55-45(57-43)51-33-17-28(84(73,74)75)18-34(37(33)64)61-63-38(22-5-3-2-4-6-22)62-60-32-16-26(82(67,68)69)11-12-29(32)39(65)66;/h2-19,21,60,64H,20H2,1H3,(H,65,66)(H,67,68,69)(H,70,71,72)(H,73,74,75)(H,76,77,78)(H,79,80,81)(H2,48,50,52,54,56)(H2,49,51,53,55,57);/b59-58?,62-38-,63-61?;. The Morgan fingerprint density at radius 3 is 1.71 bits per heavy atom. The average molecular weight is 1350 g/mol. The predicted molar refractivity (Wildman–Crippen MR) is 294 cm³/mol. The van der Waals surface area contributed by atoms with E-state index in [2.05, 4.69) is 82.2 Å². The zero-order chi connectivity index (χ0) is 62.7. The number of rotatable bonds is 21. The first kappa shape index (κ1) is 65.2. The molecule has 1 radical (unpaired) electrons. The molecular formula is C45H36CuF2N16O18S5. The number of nitrogens with one attached hydrogen (secondary N) is 5. The van der Waals surface area contributed by atoms with E-state index in [4.69, 9.17) is 0 Å². The average Bonchev–Trinajstić information content (AvgIpc) is 1.67. The van der Waals surface area contributed by atoms with Gasteiger partial charge in [0.25, 0.3) is 50.6 Å². The summed E-state index contributed by atoms with van der Waals surface area (Å²) in [4.78, 5) is 29.4. The van der Waals surface area contributed by atoms with Crippen molar-refractivity contribution in [2.45, 2.75) is 37.4 Å². The normalized spacial score (nSPS) is 12.9. The number of azo groups is 2. The molecule has 0 bridgehead atoms. The third-order valence-corrected chi connectivity index (χ3v) is 15.4. The molecule has 0 spiro atoms. The van der Waals surface area contributed by atoms with Gasteiger partial charge in [-0.15, -0.1) is 10.2 Å². The van der Waals surface area contributed by atoms with Crippen molar-refractivity contribution in [3.63, 3.8) is 0 Å². The van der Waals surface area contributed by atoms with E-state index >= 15 is 0 Å². The Balaban J connectivity index is 0.0000108. The minimum absolute atomic E-state index is 0. The van der Waals surface area contributed by atoms with Crippen LogP contribution in [-0.2, 0) is 67.7 Å². The SMILES string of the molecule is CC(CNc1nc(F)nc(Nc2ccc(N=Nc3cc(S(=O)(=O)O)c4cc(S(=O)(=O)O)cc(S(=O)(=O)O)c4c3)cc2)n1)Nc1nc(F)nc(Nc2cc(S(=O)(=O)O)cc(N=N/C(=N\Nc3cc(S(=O)(=O)O)ccc3C(=O)O)c3ccccc3)c2O)n1.[Cu]. The van der Waals surface area contributed by atoms with Crippen molar-refractivity contribution >= 4 is 131 Å². The molecule has 0 amide bonds. The van der Waals surface area contributed by atoms with Crippen LogP contribution in [0.15, 0.2) is 159 Å². The van der Waals surface area contributed by atoms with Crippen LogP contribution >= 0.6 is 0 Å². The summed E-state index contributed by atoms with van der Waals surface area (Å²) in [5, 5.41) is 49.8. The summed E-state index contributed by atoms with van der Waals surface area (Å²) >= 11 is 0. The van der Waals surface area contributed by atoms with Crippen molar-refractivity contribution in [1.29, 1.82) is 0 Å². The number of nitrogens with zero attached hydrogens (tertiary/aromatic N) is 11. The number of fused-ring (bicyclic) bond motifs is 1. The molecule has 0 aliphatic carbocycles. The van der Waals surface area contributed by atoms with Gasteiger partial charge in [0.2, 0.25) is 29.6 Å². The van der Waals surface area contributed by atoms with E-state index in [-0.39, 0.29) is 52.4 Å². The fraction of sp³-hybridized carbons (Fsp3) is 0.0667. The van der Waals surface area contributed by atoms with E-state index in [1.165, 1.54) is 55.5 Å². The van der Waals surface area contributed by atoms with E-state index < -0.39 is 162 Å². The smallest absolute Gasteiger partial charge is 0.337 e. The number of aromatic carboxylic acids is 1. The molecule has 0 saturated heterocycles. The number of halogens is 2. The molecular weight excluding hydrogens is 1310 g/mol. The second-order valence-electron chi connectivity index (χ2n) is 17.2. The number of phenolic OH excluding ortho intramolecular Hbond substituents is 1. The number of carboxylic acids is 1. The molecule has 8 aromatic rings. The number of carbonyl (C=O) groups is 1. The zero-order valence-corrected chi connectivity index (χ0v) is 47.8. The molecule has 0 aliphatic rings. The van der Waals surface area contributed by atoms with Gasteiger partial charge in [-0.1, -0.05) is 30.3 Å². The molecule has 34 nitrogen and oxygen atoms in total. The van der Waals surface area contributed by atoms with E-state index in [1.807, 2.05) is 0 Å². The van der Waals surface area contributed by atoms with E-state index in [9.17, 15) is 88.6 Å². The van der Waals surface area contributed by atoms with Crippen molar-refractivity contribution in [3.8, 4) is 5.75 Å². The zero-order valence-electron chi connectivity index (χ0n) is 42.8. The van der Waals surface area contributed by atoms with Crippen LogP contribution in [0.25, 0.3) is 10.8 Å². The maximum atomic E-state index is 14.9. The molecule has 12 N–H and O–H groups in total. The molecule has 0 aliphatic heterocycles. The molecule has 42 heteroatoms. The maximum absolute atomic E-state index is 14.9. The van der Waals surface area contributed by atoms with Crippen LogP contribution in [0.1, 0.15) is 22.8 Å². The monoisotopic (exact) mass is 1350 g/mol. The Bertz CT molecular complexity index is 4740. The molecule has 87 heavy (non-hydrogen) atoms. The van der Waals surface area contributed by atoms with Crippen molar-refractivity contribution in [2.24, 2.45) is 25.6 Å². The second-order valence-corrected chi connectivity index (χ2v) is 24.3. The van der Waals surface area contributed by atoms with E-state index in [0.717, 1.165) is 24.3 Å². The fourth-order valence-corrected chi connectivity index (χ4v) is 10.3. The van der Waals surface area contributed by atoms with Gasteiger partial charge in [0.1, 0.15) is 15.5 Å². The van der Waals surface area contributed by atoms with E-state index in [0.29, 0.717) is 30.3 Å². The first-order chi connectivity index (χ1) is 40.2. The van der Waals surface area contributed by atoms with Gasteiger partial charge >= 0.3 is 18.1 Å². The molecule has 1 atom stereocenters. The summed E-state index contributed by atoms with van der Waals surface area (Å²) in [7, 11) is -25.6. The minimum atomic E-state index is -5.29. The predicted octanol–water partition coefficient (Wildman–Crippen LogP) is 6.50. The number of benzene rings is 6. The number of hydrazone groups is 1. The molecule has 2 heterocycles. The van der Waals surface area contributed by atoms with Gasteiger partial charge in [0.15, 0.2) is 5.75 Å². The summed E-state index contributed by atoms with van der Waals surface area (Å²) < 4.78 is 200. The van der Waals surface area contributed by atoms with Crippen LogP contribution in [-0.4, -0.2) is 129 Å². The van der Waals surface area contributed by atoms with Crippen molar-refractivity contribution < 1.29 is 106 Å². The van der Waals surface area contributed by atoms with Crippen molar-refractivity contribution in [1.82, 2.24) is 29.9 Å². The molecule has 6 aromatic carbocycles. The third-order valence-electron chi connectivity index (χ3n) is 11.1. The number of anilines is 7. The summed E-state index contributed by atoms with van der Waals surface area (Å²) in [5.41, 5.74) is 0.156. The number of aromatic hydroxyl groups is 1. The first-order valence-corrected chi connectivity index (χ1v) is 30.3. The van der Waals surface area contributed by atoms with Crippen LogP contribution in [0, 0.1) is 12.2 Å². The minimum Gasteiger partial charge on any atom is -0.504 e. The molecule has 1 unspecified atom stereocenters. The third kappa shape index (κ3) is 16.8. The van der Waals surface area contributed by atoms with Crippen LogP contribution in [0.2, 0.25) is 0 Å². The number of hydrogen-bond donors (Lipinski definition) is 12.